The molecule has 4 nitrogen and oxygen atoms in total. The van der Waals surface area contributed by atoms with E-state index in [-0.39, 0.29) is 12.6 Å². The second-order valence-corrected chi connectivity index (χ2v) is 9.01. The lowest BCUT2D eigenvalue weighted by atomic mass is 10.2. The number of nitrogens with zero attached hydrogens (tertiary/aromatic N) is 1. The summed E-state index contributed by atoms with van der Waals surface area (Å²) in [5, 5.41) is 1.89. The molecular weight excluding hydrogens is 404 g/mol. The molecule has 0 bridgehead atoms. The maximum atomic E-state index is 13.4. The zero-order valence-electron chi connectivity index (χ0n) is 14.2. The summed E-state index contributed by atoms with van der Waals surface area (Å²) >= 11 is 1.50. The molecule has 0 amide bonds. The molecule has 1 aromatic heterocycles. The van der Waals surface area contributed by atoms with Crippen molar-refractivity contribution in [2.24, 2.45) is 0 Å². The summed E-state index contributed by atoms with van der Waals surface area (Å²) in [6, 6.07) is 5.27. The maximum absolute atomic E-state index is 13.4. The highest BCUT2D eigenvalue weighted by atomic mass is 32.2. The number of sulfonamides is 1. The first kappa shape index (κ1) is 20.2. The first-order valence-electron chi connectivity index (χ1n) is 8.32. The number of hydrogen-bond donors (Lipinski definition) is 1. The van der Waals surface area contributed by atoms with Crippen LogP contribution in [0.1, 0.15) is 29.3 Å². The van der Waals surface area contributed by atoms with Gasteiger partial charge >= 0.3 is 6.18 Å². The molecule has 1 aliphatic heterocycles. The Bertz CT molecular complexity index is 877. The predicted octanol–water partition coefficient (Wildman–Crippen LogP) is 4.02. The van der Waals surface area contributed by atoms with Crippen LogP contribution in [0.4, 0.5) is 17.6 Å². The van der Waals surface area contributed by atoms with Gasteiger partial charge in [0.05, 0.1) is 16.5 Å². The molecule has 0 saturated carbocycles. The van der Waals surface area contributed by atoms with Crippen LogP contribution < -0.4 is 4.72 Å². The van der Waals surface area contributed by atoms with Gasteiger partial charge in [-0.1, -0.05) is 6.07 Å². The molecule has 148 valence electrons. The van der Waals surface area contributed by atoms with E-state index in [2.05, 4.69) is 9.62 Å². The lowest BCUT2D eigenvalue weighted by Gasteiger charge is -2.26. The number of nitrogens with one attached hydrogen (secondary N) is 1. The monoisotopic (exact) mass is 422 g/mol. The molecule has 1 aromatic carbocycles. The van der Waals surface area contributed by atoms with Crippen LogP contribution in [-0.2, 0) is 16.2 Å². The molecule has 27 heavy (non-hydrogen) atoms. The van der Waals surface area contributed by atoms with Crippen molar-refractivity contribution in [1.82, 2.24) is 9.62 Å². The van der Waals surface area contributed by atoms with Gasteiger partial charge in [-0.25, -0.2) is 17.5 Å². The third-order valence-corrected chi connectivity index (χ3v) is 6.87. The summed E-state index contributed by atoms with van der Waals surface area (Å²) in [7, 11) is -4.21. The van der Waals surface area contributed by atoms with Gasteiger partial charge in [0.1, 0.15) is 5.82 Å². The van der Waals surface area contributed by atoms with Crippen LogP contribution in [0.25, 0.3) is 0 Å². The molecule has 0 spiro atoms. The summed E-state index contributed by atoms with van der Waals surface area (Å²) in [6.07, 6.45) is -2.94. The molecule has 10 heteroatoms. The molecule has 1 saturated heterocycles. The fourth-order valence-electron chi connectivity index (χ4n) is 3.10. The fraction of sp³-hybridized carbons (Fsp3) is 0.412. The highest BCUT2D eigenvalue weighted by molar-refractivity contribution is 7.89. The van der Waals surface area contributed by atoms with Gasteiger partial charge in [-0.15, -0.1) is 11.3 Å². The summed E-state index contributed by atoms with van der Waals surface area (Å²) in [5.41, 5.74) is -1.60. The van der Waals surface area contributed by atoms with Crippen molar-refractivity contribution in [3.05, 3.63) is 52.0 Å². The molecule has 1 atom stereocenters. The van der Waals surface area contributed by atoms with Gasteiger partial charge in [0.15, 0.2) is 0 Å². The lowest BCUT2D eigenvalue weighted by Crippen LogP contribution is -2.36. The molecule has 3 rings (SSSR count). The van der Waals surface area contributed by atoms with E-state index >= 15 is 0 Å². The Hall–Kier alpha value is -1.49. The third-order valence-electron chi connectivity index (χ3n) is 4.47. The Balaban J connectivity index is 1.81. The first-order chi connectivity index (χ1) is 12.7. The van der Waals surface area contributed by atoms with Gasteiger partial charge in [-0.3, -0.25) is 4.90 Å². The Labute approximate surface area is 158 Å². The summed E-state index contributed by atoms with van der Waals surface area (Å²) in [6.45, 7) is 1.69. The van der Waals surface area contributed by atoms with Crippen molar-refractivity contribution in [3.63, 3.8) is 0 Å². The van der Waals surface area contributed by atoms with Crippen molar-refractivity contribution in [3.8, 4) is 0 Å². The SMILES string of the molecule is O=S(=O)(NCC(c1cccs1)N1CCCC1)c1ccc(F)c(C(F)(F)F)c1. The minimum atomic E-state index is -4.97. The molecule has 0 radical (unpaired) electrons. The van der Waals surface area contributed by atoms with E-state index < -0.39 is 32.5 Å². The normalized spacial score (nSPS) is 17.3. The first-order valence-corrected chi connectivity index (χ1v) is 10.7. The Morgan fingerprint density at radius 2 is 1.89 bits per heavy atom. The van der Waals surface area contributed by atoms with E-state index in [1.807, 2.05) is 17.5 Å². The van der Waals surface area contributed by atoms with E-state index in [4.69, 9.17) is 0 Å². The number of alkyl halides is 3. The summed E-state index contributed by atoms with van der Waals surface area (Å²) < 4.78 is 79.4. The van der Waals surface area contributed by atoms with Crippen LogP contribution in [0.3, 0.4) is 0 Å². The maximum Gasteiger partial charge on any atom is 0.419 e. The van der Waals surface area contributed by atoms with Gasteiger partial charge in [0.25, 0.3) is 0 Å². The number of thiophene rings is 1. The topological polar surface area (TPSA) is 49.4 Å². The average Bonchev–Trinajstić information content (AvgIpc) is 3.28. The molecule has 1 unspecified atom stereocenters. The highest BCUT2D eigenvalue weighted by Gasteiger charge is 2.35. The quantitative estimate of drug-likeness (QED) is 0.716. The number of rotatable bonds is 6. The van der Waals surface area contributed by atoms with Crippen molar-refractivity contribution < 1.29 is 26.0 Å². The number of hydrogen-bond acceptors (Lipinski definition) is 4. The van der Waals surface area contributed by atoms with Crippen LogP contribution in [0.5, 0.6) is 0 Å². The molecule has 0 aliphatic carbocycles. The smallest absolute Gasteiger partial charge is 0.294 e. The van der Waals surface area contributed by atoms with Crippen LogP contribution >= 0.6 is 11.3 Å². The van der Waals surface area contributed by atoms with Gasteiger partial charge in [-0.2, -0.15) is 13.2 Å². The van der Waals surface area contributed by atoms with E-state index in [9.17, 15) is 26.0 Å². The molecule has 1 aliphatic rings. The van der Waals surface area contributed by atoms with Crippen LogP contribution in [-0.4, -0.2) is 33.0 Å². The lowest BCUT2D eigenvalue weighted by molar-refractivity contribution is -0.140. The Morgan fingerprint density at radius 1 is 1.19 bits per heavy atom. The largest absolute Gasteiger partial charge is 0.419 e. The molecule has 1 fully saturated rings. The van der Waals surface area contributed by atoms with E-state index in [1.54, 1.807) is 0 Å². The highest BCUT2D eigenvalue weighted by Crippen LogP contribution is 2.33. The molecular formula is C17H18F4N2O2S2. The van der Waals surface area contributed by atoms with E-state index in [1.165, 1.54) is 11.3 Å². The number of benzene rings is 1. The van der Waals surface area contributed by atoms with E-state index in [0.717, 1.165) is 36.9 Å². The Morgan fingerprint density at radius 3 is 2.48 bits per heavy atom. The van der Waals surface area contributed by atoms with Crippen molar-refractivity contribution in [2.75, 3.05) is 19.6 Å². The average molecular weight is 422 g/mol. The van der Waals surface area contributed by atoms with Crippen LogP contribution in [0.15, 0.2) is 40.6 Å². The zero-order valence-corrected chi connectivity index (χ0v) is 15.8. The third kappa shape index (κ3) is 4.68. The van der Waals surface area contributed by atoms with Gasteiger partial charge in [0.2, 0.25) is 10.0 Å². The predicted molar refractivity (Wildman–Crippen MR) is 94.5 cm³/mol. The number of halogens is 4. The van der Waals surface area contributed by atoms with E-state index in [0.29, 0.717) is 12.1 Å². The van der Waals surface area contributed by atoms with Crippen molar-refractivity contribution >= 4 is 21.4 Å². The second-order valence-electron chi connectivity index (χ2n) is 6.27. The minimum Gasteiger partial charge on any atom is -0.294 e. The van der Waals surface area contributed by atoms with Crippen LogP contribution in [0.2, 0.25) is 0 Å². The molecule has 2 aromatic rings. The van der Waals surface area contributed by atoms with Crippen molar-refractivity contribution in [2.45, 2.75) is 30.0 Å². The van der Waals surface area contributed by atoms with Crippen LogP contribution in [0, 0.1) is 5.82 Å². The van der Waals surface area contributed by atoms with Gasteiger partial charge < -0.3 is 0 Å². The fourth-order valence-corrected chi connectivity index (χ4v) is 5.03. The minimum absolute atomic E-state index is 0.0293. The number of likely N-dealkylation sites (tertiary alicyclic amines) is 1. The zero-order chi connectivity index (χ0) is 19.7. The Kier molecular flexibility index (Phi) is 5.90. The summed E-state index contributed by atoms with van der Waals surface area (Å²) in [5.74, 6) is -1.50. The summed E-state index contributed by atoms with van der Waals surface area (Å²) in [4.78, 5) is 2.53. The van der Waals surface area contributed by atoms with Gasteiger partial charge in [-0.05, 0) is 55.6 Å². The molecule has 1 N–H and O–H groups in total. The standard InChI is InChI=1S/C17H18F4N2O2S2/c18-14-6-5-12(10-13(14)17(19,20)21)27(24,25)22-11-15(16-4-3-9-26-16)23-7-1-2-8-23/h3-6,9-10,15,22H,1-2,7-8,11H2. The van der Waals surface area contributed by atoms with Crippen molar-refractivity contribution in [1.29, 1.82) is 0 Å². The van der Waals surface area contributed by atoms with Gasteiger partial charge in [0, 0.05) is 11.4 Å². The second kappa shape index (κ2) is 7.86. The molecule has 2 heterocycles.